The van der Waals surface area contributed by atoms with E-state index >= 15 is 0 Å². The van der Waals surface area contributed by atoms with Crippen molar-refractivity contribution in [1.29, 1.82) is 0 Å². The van der Waals surface area contributed by atoms with Gasteiger partial charge in [0.15, 0.2) is 0 Å². The Labute approximate surface area is 199 Å². The molecule has 0 spiro atoms. The number of aliphatic hydroxyl groups excluding tert-OH is 1. The molecule has 0 amide bonds. The first kappa shape index (κ1) is 23.7. The molecule has 1 aliphatic heterocycles. The standard InChI is InChI=1S/C25H29N3O4Se/c1-17-15-28(25(31)27-23(17)30)24-22(33-19-12-6-3-7-13-19)21(20(16-29)32-24)26-14-8-11-18-9-4-2-5-10-18/h2-7,9-10,12-13,15,20-22,24,26,29H,8,11,14,16H2,1H3,(H,27,30,31)/t20-,21-,22-,24-/m1/s1. The quantitative estimate of drug-likeness (QED) is 0.294. The molecule has 3 N–H and O–H groups in total. The van der Waals surface area contributed by atoms with Crippen molar-refractivity contribution in [1.82, 2.24) is 14.9 Å². The van der Waals surface area contributed by atoms with Crippen molar-refractivity contribution in [3.8, 4) is 0 Å². The molecular weight excluding hydrogens is 485 g/mol. The zero-order chi connectivity index (χ0) is 23.2. The van der Waals surface area contributed by atoms with E-state index in [9.17, 15) is 14.7 Å². The maximum atomic E-state index is 12.6. The average molecular weight is 514 g/mol. The minimum atomic E-state index is -0.572. The van der Waals surface area contributed by atoms with Gasteiger partial charge in [-0.3, -0.25) is 0 Å². The first-order chi connectivity index (χ1) is 16.1. The SMILES string of the molecule is Cc1cn([C@@H]2O[C@H](CO)[C@@H](NCCCc3ccccc3)[C@H]2[Se]c2ccccc2)c(=O)[nH]c1=O. The molecule has 1 aromatic heterocycles. The Morgan fingerprint density at radius 1 is 1.09 bits per heavy atom. The molecule has 174 valence electrons. The van der Waals surface area contributed by atoms with Crippen LogP contribution < -0.4 is 21.0 Å². The van der Waals surface area contributed by atoms with E-state index in [1.54, 1.807) is 13.1 Å². The predicted molar refractivity (Wildman–Crippen MR) is 129 cm³/mol. The number of hydrogen-bond donors (Lipinski definition) is 3. The second-order valence-corrected chi connectivity index (χ2v) is 10.8. The minimum absolute atomic E-state index is 0.0313. The van der Waals surface area contributed by atoms with Gasteiger partial charge >= 0.3 is 199 Å². The molecule has 0 aliphatic carbocycles. The molecule has 0 radical (unpaired) electrons. The third kappa shape index (κ3) is 5.72. The summed E-state index contributed by atoms with van der Waals surface area (Å²) < 4.78 is 8.89. The molecule has 0 bridgehead atoms. The van der Waals surface area contributed by atoms with Gasteiger partial charge in [0.05, 0.1) is 0 Å². The summed E-state index contributed by atoms with van der Waals surface area (Å²) in [5.41, 5.74) is 0.849. The first-order valence-corrected chi connectivity index (χ1v) is 13.0. The fourth-order valence-corrected chi connectivity index (χ4v) is 6.98. The summed E-state index contributed by atoms with van der Waals surface area (Å²) in [6.45, 7) is 2.29. The number of aromatic nitrogens is 2. The van der Waals surface area contributed by atoms with E-state index < -0.39 is 23.6 Å². The molecule has 2 aromatic carbocycles. The van der Waals surface area contributed by atoms with Crippen LogP contribution in [0.3, 0.4) is 0 Å². The van der Waals surface area contributed by atoms with Gasteiger partial charge in [-0.05, 0) is 0 Å². The molecule has 4 rings (SSSR count). The van der Waals surface area contributed by atoms with Crippen molar-refractivity contribution in [2.45, 2.75) is 43.0 Å². The molecule has 2 heterocycles. The molecule has 1 saturated heterocycles. The molecular formula is C25H29N3O4Se. The zero-order valence-corrected chi connectivity index (χ0v) is 20.2. The van der Waals surface area contributed by atoms with Crippen molar-refractivity contribution >= 4 is 19.4 Å². The van der Waals surface area contributed by atoms with Crippen LogP contribution in [0.4, 0.5) is 0 Å². The number of aryl methyl sites for hydroxylation is 2. The zero-order valence-electron chi connectivity index (χ0n) is 18.5. The van der Waals surface area contributed by atoms with Gasteiger partial charge in [0.25, 0.3) is 0 Å². The normalized spacial score (nSPS) is 22.5. The van der Waals surface area contributed by atoms with Crippen molar-refractivity contribution in [3.05, 3.63) is 98.8 Å². The molecule has 0 unspecified atom stereocenters. The van der Waals surface area contributed by atoms with Crippen LogP contribution in [0.15, 0.2) is 76.4 Å². The van der Waals surface area contributed by atoms with Crippen molar-refractivity contribution in [2.75, 3.05) is 13.2 Å². The van der Waals surface area contributed by atoms with E-state index in [2.05, 4.69) is 34.6 Å². The van der Waals surface area contributed by atoms with Gasteiger partial charge in [0.1, 0.15) is 0 Å². The summed E-state index contributed by atoms with van der Waals surface area (Å²) in [5, 5.41) is 13.7. The first-order valence-electron chi connectivity index (χ1n) is 11.1. The number of H-pyrrole nitrogens is 1. The second-order valence-electron chi connectivity index (χ2n) is 8.19. The maximum absolute atomic E-state index is 12.6. The molecule has 1 fully saturated rings. The van der Waals surface area contributed by atoms with Gasteiger partial charge < -0.3 is 0 Å². The van der Waals surface area contributed by atoms with Gasteiger partial charge in [0, 0.05) is 0 Å². The van der Waals surface area contributed by atoms with Crippen LogP contribution in [0.5, 0.6) is 0 Å². The molecule has 4 atom stereocenters. The summed E-state index contributed by atoms with van der Waals surface area (Å²) >= 11 is -0.0313. The van der Waals surface area contributed by atoms with Gasteiger partial charge in [-0.15, -0.1) is 0 Å². The van der Waals surface area contributed by atoms with Crippen LogP contribution in [0.25, 0.3) is 0 Å². The van der Waals surface area contributed by atoms with Crippen LogP contribution in [-0.4, -0.2) is 54.9 Å². The molecule has 3 aromatic rings. The molecule has 8 heteroatoms. The van der Waals surface area contributed by atoms with Gasteiger partial charge in [0.2, 0.25) is 0 Å². The number of hydrogen-bond acceptors (Lipinski definition) is 5. The summed E-state index contributed by atoms with van der Waals surface area (Å²) in [4.78, 5) is 26.9. The van der Waals surface area contributed by atoms with Crippen LogP contribution in [-0.2, 0) is 11.2 Å². The summed E-state index contributed by atoms with van der Waals surface area (Å²) in [6.07, 6.45) is 2.46. The summed E-state index contributed by atoms with van der Waals surface area (Å²) in [7, 11) is 0. The summed E-state index contributed by atoms with van der Waals surface area (Å²) in [6, 6.07) is 20.4. The third-order valence-electron chi connectivity index (χ3n) is 5.83. The summed E-state index contributed by atoms with van der Waals surface area (Å²) in [5.74, 6) is 0. The van der Waals surface area contributed by atoms with E-state index in [0.29, 0.717) is 5.56 Å². The Hall–Kier alpha value is -2.48. The fraction of sp³-hybridized carbons (Fsp3) is 0.360. The molecule has 7 nitrogen and oxygen atoms in total. The number of aromatic amines is 1. The van der Waals surface area contributed by atoms with E-state index in [0.717, 1.165) is 19.4 Å². The average Bonchev–Trinajstić information content (AvgIpc) is 3.17. The monoisotopic (exact) mass is 515 g/mol. The van der Waals surface area contributed by atoms with Crippen molar-refractivity contribution in [2.24, 2.45) is 0 Å². The Morgan fingerprint density at radius 3 is 2.48 bits per heavy atom. The van der Waals surface area contributed by atoms with Crippen LogP contribution >= 0.6 is 0 Å². The molecule has 33 heavy (non-hydrogen) atoms. The Bertz CT molecular complexity index is 1150. The number of benzene rings is 2. The van der Waals surface area contributed by atoms with Crippen molar-refractivity contribution in [3.63, 3.8) is 0 Å². The molecule has 0 saturated carbocycles. The number of ether oxygens (including phenoxy) is 1. The fourth-order valence-electron chi connectivity index (χ4n) is 4.13. The van der Waals surface area contributed by atoms with E-state index in [-0.39, 0.29) is 32.4 Å². The van der Waals surface area contributed by atoms with Crippen LogP contribution in [0, 0.1) is 6.92 Å². The number of aliphatic hydroxyl groups is 1. The Balaban J connectivity index is 1.56. The van der Waals surface area contributed by atoms with Crippen molar-refractivity contribution < 1.29 is 9.84 Å². The van der Waals surface area contributed by atoms with E-state index in [1.807, 2.05) is 36.4 Å². The Kier molecular flexibility index (Phi) is 7.96. The molecule has 1 aliphatic rings. The van der Waals surface area contributed by atoms with Gasteiger partial charge in [-0.1, -0.05) is 0 Å². The van der Waals surface area contributed by atoms with Gasteiger partial charge in [-0.25, -0.2) is 0 Å². The third-order valence-corrected chi connectivity index (χ3v) is 8.65. The van der Waals surface area contributed by atoms with E-state index in [1.165, 1.54) is 14.6 Å². The number of rotatable bonds is 9. The van der Waals surface area contributed by atoms with Crippen LogP contribution in [0.2, 0.25) is 4.82 Å². The van der Waals surface area contributed by atoms with Crippen LogP contribution in [0.1, 0.15) is 23.8 Å². The van der Waals surface area contributed by atoms with E-state index in [4.69, 9.17) is 4.74 Å². The number of nitrogens with zero attached hydrogens (tertiary/aromatic N) is 1. The number of nitrogens with one attached hydrogen (secondary N) is 2. The Morgan fingerprint density at radius 2 is 1.79 bits per heavy atom. The topological polar surface area (TPSA) is 96.3 Å². The van der Waals surface area contributed by atoms with Gasteiger partial charge in [-0.2, -0.15) is 0 Å². The predicted octanol–water partition coefficient (Wildman–Crippen LogP) is 1.14. The second kappa shape index (κ2) is 11.1.